The zero-order valence-corrected chi connectivity index (χ0v) is 33.7. The van der Waals surface area contributed by atoms with Gasteiger partial charge < -0.3 is 30.6 Å². The lowest BCUT2D eigenvalue weighted by Gasteiger charge is -2.20. The van der Waals surface area contributed by atoms with E-state index in [0.29, 0.717) is 104 Å². The molecule has 6 aromatic rings. The van der Waals surface area contributed by atoms with Crippen molar-refractivity contribution in [1.29, 1.82) is 0 Å². The van der Waals surface area contributed by atoms with E-state index in [0.717, 1.165) is 16.7 Å². The maximum absolute atomic E-state index is 12.4. The molecule has 0 amide bonds. The minimum atomic E-state index is -0.139. The molecule has 6 rings (SSSR count). The Kier molecular flexibility index (Phi) is 13.0. The van der Waals surface area contributed by atoms with Crippen LogP contribution in [0.5, 0.6) is 34.5 Å². The molecule has 0 aliphatic rings. The molecular weight excluding hydrogens is 745 g/mol. The summed E-state index contributed by atoms with van der Waals surface area (Å²) in [4.78, 5) is 0. The van der Waals surface area contributed by atoms with Gasteiger partial charge in [0.05, 0.1) is 0 Å². The Morgan fingerprint density at radius 2 is 0.600 bits per heavy atom. The number of aromatic hydroxyl groups is 6. The first-order chi connectivity index (χ1) is 29.0. The average Bonchev–Trinajstić information content (AvgIpc) is 3.23. The average molecular weight is 795 g/mol. The third kappa shape index (κ3) is 8.54. The third-order valence-corrected chi connectivity index (χ3v) is 10.6. The van der Waals surface area contributed by atoms with E-state index >= 15 is 0 Å². The number of hydrogen-bond acceptors (Lipinski definition) is 6. The standard InChI is InChI=1S/C54H50O6/c1-7-13-33-19-21-49(55)42(23-33)39-27-36(16-10-4)51(57)46(30-39)45-26-35(15-9-3)25-44(54(45)60)41-29-38(18-12-6)53(59)48(32-41)47-31-40(28-37(17-11-5)52(47)58)43-24-34(14-8-2)20-22-50(43)56/h7-12,19-32,55-60H,1-6,13-18H2. The highest BCUT2D eigenvalue weighted by Crippen LogP contribution is 2.49. The molecule has 0 heterocycles. The van der Waals surface area contributed by atoms with Crippen molar-refractivity contribution in [3.63, 3.8) is 0 Å². The molecule has 0 atom stereocenters. The summed E-state index contributed by atoms with van der Waals surface area (Å²) in [5.41, 5.74) is 8.78. The number of hydrogen-bond donors (Lipinski definition) is 6. The van der Waals surface area contributed by atoms with Crippen LogP contribution in [0.4, 0.5) is 0 Å². The van der Waals surface area contributed by atoms with Gasteiger partial charge in [-0.15, -0.1) is 39.5 Å². The highest BCUT2D eigenvalue weighted by atomic mass is 16.3. The van der Waals surface area contributed by atoms with Gasteiger partial charge in [0, 0.05) is 38.9 Å². The lowest BCUT2D eigenvalue weighted by molar-refractivity contribution is 0.463. The van der Waals surface area contributed by atoms with Crippen LogP contribution in [0.3, 0.4) is 0 Å². The zero-order valence-electron chi connectivity index (χ0n) is 33.7. The second-order valence-corrected chi connectivity index (χ2v) is 14.8. The maximum atomic E-state index is 12.4. The SMILES string of the molecule is C=CCc1ccc(O)c(-c2cc(CC=C)c(O)c(-c3cc(-c4cc(CC=C)cc(-c5cc(-c6cc(CC=C)ccc6O)cc(CC=C)c5O)c4O)cc(CC=C)c3O)c2)c1. The van der Waals surface area contributed by atoms with Crippen LogP contribution < -0.4 is 0 Å². The Morgan fingerprint density at radius 3 is 0.967 bits per heavy atom. The largest absolute Gasteiger partial charge is 0.507 e. The van der Waals surface area contributed by atoms with Gasteiger partial charge in [-0.2, -0.15) is 0 Å². The van der Waals surface area contributed by atoms with Crippen molar-refractivity contribution >= 4 is 0 Å². The summed E-state index contributed by atoms with van der Waals surface area (Å²) in [6.45, 7) is 23.4. The fourth-order valence-corrected chi connectivity index (χ4v) is 7.72. The van der Waals surface area contributed by atoms with Crippen molar-refractivity contribution in [2.24, 2.45) is 0 Å². The predicted octanol–water partition coefficient (Wildman–Crippen LogP) is 12.6. The molecule has 6 heteroatoms. The fraction of sp³-hybridized carbons (Fsp3) is 0.111. The maximum Gasteiger partial charge on any atom is 0.131 e. The van der Waals surface area contributed by atoms with Crippen LogP contribution >= 0.6 is 0 Å². The van der Waals surface area contributed by atoms with Crippen molar-refractivity contribution in [1.82, 2.24) is 0 Å². The smallest absolute Gasteiger partial charge is 0.131 e. The molecule has 0 aliphatic carbocycles. The second-order valence-electron chi connectivity index (χ2n) is 14.8. The minimum absolute atomic E-state index is 0.0481. The summed E-state index contributed by atoms with van der Waals surface area (Å²) in [6, 6.07) is 24.9. The van der Waals surface area contributed by atoms with E-state index in [1.165, 1.54) is 0 Å². The highest BCUT2D eigenvalue weighted by molar-refractivity contribution is 5.92. The summed E-state index contributed by atoms with van der Waals surface area (Å²) in [6.07, 6.45) is 12.8. The summed E-state index contributed by atoms with van der Waals surface area (Å²) in [5.74, 6) is -0.231. The van der Waals surface area contributed by atoms with E-state index in [9.17, 15) is 30.6 Å². The van der Waals surface area contributed by atoms with Crippen LogP contribution in [0.2, 0.25) is 0 Å². The normalized spacial score (nSPS) is 10.9. The molecule has 0 saturated heterocycles. The lowest BCUT2D eigenvalue weighted by Crippen LogP contribution is -1.96. The molecule has 6 nitrogen and oxygen atoms in total. The first kappa shape index (κ1) is 42.2. The molecule has 0 unspecified atom stereocenters. The predicted molar refractivity (Wildman–Crippen MR) is 247 cm³/mol. The van der Waals surface area contributed by atoms with Crippen LogP contribution in [0.25, 0.3) is 55.6 Å². The van der Waals surface area contributed by atoms with Gasteiger partial charge in [0.15, 0.2) is 0 Å². The van der Waals surface area contributed by atoms with Crippen LogP contribution in [-0.4, -0.2) is 30.6 Å². The van der Waals surface area contributed by atoms with Gasteiger partial charge in [0.25, 0.3) is 0 Å². The van der Waals surface area contributed by atoms with Gasteiger partial charge in [0.2, 0.25) is 0 Å². The van der Waals surface area contributed by atoms with Crippen LogP contribution in [0.15, 0.2) is 161 Å². The van der Waals surface area contributed by atoms with Crippen molar-refractivity contribution < 1.29 is 30.6 Å². The molecule has 0 fully saturated rings. The van der Waals surface area contributed by atoms with Crippen molar-refractivity contribution in [3.05, 3.63) is 194 Å². The molecule has 6 N–H and O–H groups in total. The van der Waals surface area contributed by atoms with E-state index in [1.807, 2.05) is 36.4 Å². The van der Waals surface area contributed by atoms with Crippen LogP contribution in [0.1, 0.15) is 33.4 Å². The summed E-state index contributed by atoms with van der Waals surface area (Å²) < 4.78 is 0. The monoisotopic (exact) mass is 794 g/mol. The number of phenols is 6. The van der Waals surface area contributed by atoms with E-state index in [4.69, 9.17) is 0 Å². The molecular formula is C54H50O6. The van der Waals surface area contributed by atoms with E-state index in [2.05, 4.69) is 39.5 Å². The summed E-state index contributed by atoms with van der Waals surface area (Å²) >= 11 is 0. The minimum Gasteiger partial charge on any atom is -0.507 e. The Balaban J connectivity index is 1.64. The molecule has 0 spiro atoms. The molecule has 60 heavy (non-hydrogen) atoms. The molecule has 0 aliphatic heterocycles. The Bertz CT molecular complexity index is 2680. The topological polar surface area (TPSA) is 121 Å². The third-order valence-electron chi connectivity index (χ3n) is 10.6. The molecule has 302 valence electrons. The Hall–Kier alpha value is -7.44. The first-order valence-corrected chi connectivity index (χ1v) is 19.7. The first-order valence-electron chi connectivity index (χ1n) is 19.7. The van der Waals surface area contributed by atoms with Gasteiger partial charge >= 0.3 is 0 Å². The quantitative estimate of drug-likeness (QED) is 0.0511. The Labute approximate surface area is 352 Å². The van der Waals surface area contributed by atoms with Gasteiger partial charge in [-0.25, -0.2) is 0 Å². The fourth-order valence-electron chi connectivity index (χ4n) is 7.72. The van der Waals surface area contributed by atoms with Gasteiger partial charge in [-0.1, -0.05) is 48.6 Å². The lowest BCUT2D eigenvalue weighted by atomic mass is 9.86. The molecule has 0 aromatic heterocycles. The van der Waals surface area contributed by atoms with Gasteiger partial charge in [-0.05, 0) is 161 Å². The van der Waals surface area contributed by atoms with Crippen molar-refractivity contribution in [2.75, 3.05) is 0 Å². The Morgan fingerprint density at radius 1 is 0.300 bits per heavy atom. The molecule has 6 aromatic carbocycles. The van der Waals surface area contributed by atoms with E-state index < -0.39 is 0 Å². The number of allylic oxidation sites excluding steroid dienone is 6. The van der Waals surface area contributed by atoms with Crippen LogP contribution in [0, 0.1) is 0 Å². The van der Waals surface area contributed by atoms with Crippen LogP contribution in [-0.2, 0) is 38.5 Å². The molecule has 0 radical (unpaired) electrons. The van der Waals surface area contributed by atoms with E-state index in [-0.39, 0.29) is 40.9 Å². The van der Waals surface area contributed by atoms with Crippen molar-refractivity contribution in [2.45, 2.75) is 38.5 Å². The van der Waals surface area contributed by atoms with E-state index in [1.54, 1.807) is 85.0 Å². The summed E-state index contributed by atoms with van der Waals surface area (Å²) in [5, 5.41) is 70.0. The zero-order chi connectivity index (χ0) is 43.1. The van der Waals surface area contributed by atoms with Crippen molar-refractivity contribution in [3.8, 4) is 90.1 Å². The highest BCUT2D eigenvalue weighted by Gasteiger charge is 2.24. The summed E-state index contributed by atoms with van der Waals surface area (Å²) in [7, 11) is 0. The number of phenolic OH excluding ortho intramolecular Hbond substituents is 6. The second kappa shape index (κ2) is 18.4. The van der Waals surface area contributed by atoms with Gasteiger partial charge in [-0.3, -0.25) is 0 Å². The number of benzene rings is 6. The molecule has 0 saturated carbocycles. The van der Waals surface area contributed by atoms with Gasteiger partial charge in [0.1, 0.15) is 34.5 Å². The molecule has 0 bridgehead atoms. The number of rotatable bonds is 17.